The number of benzene rings is 1. The third kappa shape index (κ3) is 4.33. The van der Waals surface area contributed by atoms with Gasteiger partial charge in [-0.15, -0.1) is 0 Å². The fourth-order valence-corrected chi connectivity index (χ4v) is 1.68. The summed E-state index contributed by atoms with van der Waals surface area (Å²) in [5, 5.41) is 2.79. The first-order chi connectivity index (χ1) is 8.40. The molecule has 5 heteroatoms. The van der Waals surface area contributed by atoms with E-state index in [1.165, 1.54) is 6.07 Å². The van der Waals surface area contributed by atoms with Gasteiger partial charge in [0.15, 0.2) is 5.82 Å². The zero-order valence-electron chi connectivity index (χ0n) is 11.0. The van der Waals surface area contributed by atoms with Crippen LogP contribution in [0.25, 0.3) is 0 Å². The van der Waals surface area contributed by atoms with Crippen molar-refractivity contribution in [3.05, 3.63) is 29.6 Å². The second-order valence-corrected chi connectivity index (χ2v) is 4.71. The number of hydrogen-bond acceptors (Lipinski definition) is 3. The first kappa shape index (κ1) is 14.4. The smallest absolute Gasteiger partial charge is 0.234 e. The van der Waals surface area contributed by atoms with Gasteiger partial charge in [0.05, 0.1) is 12.2 Å². The molecular formula is C13H20FN3O. The average molecular weight is 253 g/mol. The summed E-state index contributed by atoms with van der Waals surface area (Å²) in [5.74, 6) is -0.481. The molecule has 0 aliphatic heterocycles. The number of hydrogen-bond donors (Lipinski definition) is 2. The van der Waals surface area contributed by atoms with Gasteiger partial charge in [0, 0.05) is 18.2 Å². The van der Waals surface area contributed by atoms with Crippen molar-refractivity contribution in [2.45, 2.75) is 26.4 Å². The van der Waals surface area contributed by atoms with Crippen LogP contribution in [0, 0.1) is 5.82 Å². The van der Waals surface area contributed by atoms with E-state index in [1.54, 1.807) is 24.1 Å². The number of anilines is 1. The monoisotopic (exact) mass is 253 g/mol. The van der Waals surface area contributed by atoms with Gasteiger partial charge in [0.2, 0.25) is 5.91 Å². The van der Waals surface area contributed by atoms with Crippen molar-refractivity contribution in [2.75, 3.05) is 19.3 Å². The van der Waals surface area contributed by atoms with Gasteiger partial charge in [0.1, 0.15) is 0 Å². The van der Waals surface area contributed by atoms with Gasteiger partial charge in [-0.25, -0.2) is 4.39 Å². The van der Waals surface area contributed by atoms with Gasteiger partial charge in [-0.1, -0.05) is 12.1 Å². The van der Waals surface area contributed by atoms with Gasteiger partial charge in [-0.05, 0) is 27.0 Å². The van der Waals surface area contributed by atoms with Crippen molar-refractivity contribution in [1.82, 2.24) is 10.2 Å². The lowest BCUT2D eigenvalue weighted by Gasteiger charge is -2.18. The molecular weight excluding hydrogens is 233 g/mol. The molecule has 0 heterocycles. The van der Waals surface area contributed by atoms with Gasteiger partial charge in [-0.2, -0.15) is 0 Å². The molecule has 0 bridgehead atoms. The van der Waals surface area contributed by atoms with Crippen LogP contribution in [-0.2, 0) is 11.3 Å². The number of amides is 1. The summed E-state index contributed by atoms with van der Waals surface area (Å²) in [6.45, 7) is 4.37. The van der Waals surface area contributed by atoms with E-state index < -0.39 is 5.82 Å². The van der Waals surface area contributed by atoms with Gasteiger partial charge < -0.3 is 11.1 Å². The van der Waals surface area contributed by atoms with Crippen LogP contribution in [0.2, 0.25) is 0 Å². The number of nitrogens with zero attached hydrogens (tertiary/aromatic N) is 1. The van der Waals surface area contributed by atoms with Crippen molar-refractivity contribution in [2.24, 2.45) is 0 Å². The second kappa shape index (κ2) is 6.35. The normalized spacial score (nSPS) is 11.0. The minimum Gasteiger partial charge on any atom is -0.396 e. The van der Waals surface area contributed by atoms with E-state index in [4.69, 9.17) is 5.73 Å². The molecule has 3 N–H and O–H groups in total. The maximum Gasteiger partial charge on any atom is 0.234 e. The summed E-state index contributed by atoms with van der Waals surface area (Å²) in [7, 11) is 1.77. The number of likely N-dealkylation sites (N-methyl/N-ethyl adjacent to an activating group) is 1. The van der Waals surface area contributed by atoms with E-state index >= 15 is 0 Å². The van der Waals surface area contributed by atoms with E-state index in [-0.39, 0.29) is 24.2 Å². The largest absolute Gasteiger partial charge is 0.396 e. The predicted octanol–water partition coefficient (Wildman–Crippen LogP) is 1.36. The third-order valence-corrected chi connectivity index (χ3v) is 2.41. The van der Waals surface area contributed by atoms with Crippen LogP contribution in [0.15, 0.2) is 18.2 Å². The SMILES string of the molecule is CC(C)NC(=O)CN(C)Cc1cccc(N)c1F. The molecule has 1 aromatic rings. The highest BCUT2D eigenvalue weighted by molar-refractivity contribution is 5.78. The molecule has 1 rings (SSSR count). The highest BCUT2D eigenvalue weighted by Crippen LogP contribution is 2.15. The van der Waals surface area contributed by atoms with E-state index in [9.17, 15) is 9.18 Å². The molecule has 18 heavy (non-hydrogen) atoms. The maximum absolute atomic E-state index is 13.7. The van der Waals surface area contributed by atoms with Crippen LogP contribution in [0.5, 0.6) is 0 Å². The Morgan fingerprint density at radius 2 is 2.17 bits per heavy atom. The topological polar surface area (TPSA) is 58.4 Å². The van der Waals surface area contributed by atoms with Gasteiger partial charge in [0.25, 0.3) is 0 Å². The van der Waals surface area contributed by atoms with Crippen molar-refractivity contribution < 1.29 is 9.18 Å². The lowest BCUT2D eigenvalue weighted by atomic mass is 10.2. The Balaban J connectivity index is 2.57. The van der Waals surface area contributed by atoms with Crippen LogP contribution in [0.1, 0.15) is 19.4 Å². The molecule has 1 amide bonds. The van der Waals surface area contributed by atoms with Crippen LogP contribution < -0.4 is 11.1 Å². The molecule has 0 saturated carbocycles. The highest BCUT2D eigenvalue weighted by atomic mass is 19.1. The van der Waals surface area contributed by atoms with Crippen LogP contribution in [0.4, 0.5) is 10.1 Å². The molecule has 0 radical (unpaired) electrons. The van der Waals surface area contributed by atoms with E-state index in [0.29, 0.717) is 12.1 Å². The number of rotatable bonds is 5. The Labute approximate surface area is 107 Å². The Bertz CT molecular complexity index is 421. The Hall–Kier alpha value is -1.62. The molecule has 0 aliphatic rings. The molecule has 0 atom stereocenters. The molecule has 0 fully saturated rings. The summed E-state index contributed by atoms with van der Waals surface area (Å²) in [6, 6.07) is 5.00. The molecule has 0 aromatic heterocycles. The van der Waals surface area contributed by atoms with Crippen LogP contribution in [0.3, 0.4) is 0 Å². The highest BCUT2D eigenvalue weighted by Gasteiger charge is 2.11. The molecule has 1 aromatic carbocycles. The lowest BCUT2D eigenvalue weighted by molar-refractivity contribution is -0.122. The molecule has 0 spiro atoms. The molecule has 0 saturated heterocycles. The lowest BCUT2D eigenvalue weighted by Crippen LogP contribution is -2.38. The van der Waals surface area contributed by atoms with Crippen molar-refractivity contribution >= 4 is 11.6 Å². The molecule has 4 nitrogen and oxygen atoms in total. The summed E-state index contributed by atoms with van der Waals surface area (Å²) >= 11 is 0. The minimum absolute atomic E-state index is 0.0724. The first-order valence-corrected chi connectivity index (χ1v) is 5.91. The molecule has 0 aliphatic carbocycles. The predicted molar refractivity (Wildman–Crippen MR) is 70.4 cm³/mol. The first-order valence-electron chi connectivity index (χ1n) is 5.91. The van der Waals surface area contributed by atoms with Crippen molar-refractivity contribution in [3.63, 3.8) is 0 Å². The van der Waals surface area contributed by atoms with Gasteiger partial charge >= 0.3 is 0 Å². The summed E-state index contributed by atoms with van der Waals surface area (Å²) in [4.78, 5) is 13.3. The zero-order valence-corrected chi connectivity index (χ0v) is 11.0. The Kier molecular flexibility index (Phi) is 5.09. The second-order valence-electron chi connectivity index (χ2n) is 4.71. The van der Waals surface area contributed by atoms with E-state index in [2.05, 4.69) is 5.32 Å². The fourth-order valence-electron chi connectivity index (χ4n) is 1.68. The number of nitrogens with one attached hydrogen (secondary N) is 1. The Morgan fingerprint density at radius 1 is 1.50 bits per heavy atom. The zero-order chi connectivity index (χ0) is 13.7. The van der Waals surface area contributed by atoms with Crippen molar-refractivity contribution in [3.8, 4) is 0 Å². The van der Waals surface area contributed by atoms with Crippen LogP contribution >= 0.6 is 0 Å². The number of halogens is 1. The maximum atomic E-state index is 13.7. The third-order valence-electron chi connectivity index (χ3n) is 2.41. The van der Waals surface area contributed by atoms with E-state index in [1.807, 2.05) is 13.8 Å². The molecule has 100 valence electrons. The quantitative estimate of drug-likeness (QED) is 0.779. The number of carbonyl (C=O) groups excluding carboxylic acids is 1. The average Bonchev–Trinajstić information content (AvgIpc) is 2.23. The Morgan fingerprint density at radius 3 is 2.78 bits per heavy atom. The van der Waals surface area contributed by atoms with Crippen molar-refractivity contribution in [1.29, 1.82) is 0 Å². The van der Waals surface area contributed by atoms with E-state index in [0.717, 1.165) is 0 Å². The summed E-state index contributed by atoms with van der Waals surface area (Å²) < 4.78 is 13.7. The summed E-state index contributed by atoms with van der Waals surface area (Å²) in [5.41, 5.74) is 6.12. The minimum atomic E-state index is -0.409. The number of nitrogens with two attached hydrogens (primary N) is 1. The molecule has 0 unspecified atom stereocenters. The standard InChI is InChI=1S/C13H20FN3O/c1-9(2)16-12(18)8-17(3)7-10-5-4-6-11(15)13(10)14/h4-6,9H,7-8,15H2,1-3H3,(H,16,18). The summed E-state index contributed by atoms with van der Waals surface area (Å²) in [6.07, 6.45) is 0. The number of nitrogen functional groups attached to an aromatic ring is 1. The number of carbonyl (C=O) groups is 1. The van der Waals surface area contributed by atoms with Crippen LogP contribution in [-0.4, -0.2) is 30.4 Å². The van der Waals surface area contributed by atoms with Gasteiger partial charge in [-0.3, -0.25) is 9.69 Å². The fraction of sp³-hybridized carbons (Fsp3) is 0.462.